The van der Waals surface area contributed by atoms with E-state index < -0.39 is 0 Å². The Morgan fingerprint density at radius 2 is 2.39 bits per heavy atom. The predicted octanol–water partition coefficient (Wildman–Crippen LogP) is 1.87. The zero-order valence-electron chi connectivity index (χ0n) is 10.2. The topological polar surface area (TPSA) is 51.5 Å². The Morgan fingerprint density at radius 3 is 3.17 bits per heavy atom. The minimum Gasteiger partial charge on any atom is -0.375 e. The van der Waals surface area contributed by atoms with Crippen molar-refractivity contribution in [2.75, 3.05) is 25.1 Å². The molecule has 2 heterocycles. The van der Waals surface area contributed by atoms with E-state index in [2.05, 4.69) is 22.0 Å². The van der Waals surface area contributed by atoms with Crippen LogP contribution in [0.5, 0.6) is 0 Å². The molecular formula is C12H15FN4O. The van der Waals surface area contributed by atoms with Gasteiger partial charge in [0.25, 0.3) is 0 Å². The lowest BCUT2D eigenvalue weighted by Crippen LogP contribution is -2.11. The molecule has 0 saturated heterocycles. The van der Waals surface area contributed by atoms with Crippen LogP contribution >= 0.6 is 0 Å². The van der Waals surface area contributed by atoms with E-state index in [1.54, 1.807) is 6.07 Å². The second-order valence-electron chi connectivity index (χ2n) is 4.02. The molecule has 0 aliphatic carbocycles. The Morgan fingerprint density at radius 1 is 1.56 bits per heavy atom. The third-order valence-corrected chi connectivity index (χ3v) is 2.17. The van der Waals surface area contributed by atoms with Crippen molar-refractivity contribution in [1.29, 1.82) is 0 Å². The lowest BCUT2D eigenvalue weighted by Gasteiger charge is -2.03. The number of halogens is 1. The molecule has 96 valence electrons. The highest BCUT2D eigenvalue weighted by Crippen LogP contribution is 2.06. The van der Waals surface area contributed by atoms with Gasteiger partial charge in [-0.2, -0.15) is 4.98 Å². The van der Waals surface area contributed by atoms with Crippen LogP contribution in [0, 0.1) is 5.82 Å². The van der Waals surface area contributed by atoms with Crippen molar-refractivity contribution in [3.8, 4) is 0 Å². The van der Waals surface area contributed by atoms with Crippen LogP contribution in [-0.2, 0) is 4.74 Å². The van der Waals surface area contributed by atoms with Crippen molar-refractivity contribution in [2.24, 2.45) is 0 Å². The van der Waals surface area contributed by atoms with Gasteiger partial charge in [-0.3, -0.25) is 0 Å². The van der Waals surface area contributed by atoms with E-state index in [0.29, 0.717) is 31.4 Å². The summed E-state index contributed by atoms with van der Waals surface area (Å²) >= 11 is 0. The molecule has 0 amide bonds. The molecule has 2 aromatic rings. The van der Waals surface area contributed by atoms with Crippen LogP contribution in [0.15, 0.2) is 30.5 Å². The fourth-order valence-electron chi connectivity index (χ4n) is 1.41. The molecule has 0 aliphatic heterocycles. The van der Waals surface area contributed by atoms with E-state index in [-0.39, 0.29) is 5.82 Å². The van der Waals surface area contributed by atoms with E-state index in [1.807, 2.05) is 6.92 Å². The maximum absolute atomic E-state index is 12.9. The SMILES string of the molecule is C=C(C)COCCNc1nc2ccc(F)cn2n1. The molecule has 18 heavy (non-hydrogen) atoms. The number of nitrogens with zero attached hydrogens (tertiary/aromatic N) is 3. The Labute approximate surface area is 104 Å². The zero-order valence-corrected chi connectivity index (χ0v) is 10.2. The van der Waals surface area contributed by atoms with Gasteiger partial charge in [0, 0.05) is 6.54 Å². The molecule has 0 unspecified atom stereocenters. The van der Waals surface area contributed by atoms with Crippen LogP contribution in [0.25, 0.3) is 5.65 Å². The largest absolute Gasteiger partial charge is 0.375 e. The Bertz CT molecular complexity index is 552. The monoisotopic (exact) mass is 250 g/mol. The van der Waals surface area contributed by atoms with E-state index in [4.69, 9.17) is 4.74 Å². The van der Waals surface area contributed by atoms with Crippen molar-refractivity contribution < 1.29 is 9.13 Å². The minimum absolute atomic E-state index is 0.344. The number of nitrogens with one attached hydrogen (secondary N) is 1. The fourth-order valence-corrected chi connectivity index (χ4v) is 1.41. The summed E-state index contributed by atoms with van der Waals surface area (Å²) in [6.07, 6.45) is 1.28. The van der Waals surface area contributed by atoms with Crippen LogP contribution in [-0.4, -0.2) is 34.4 Å². The number of hydrogen-bond donors (Lipinski definition) is 1. The van der Waals surface area contributed by atoms with Gasteiger partial charge in [-0.15, -0.1) is 5.10 Å². The standard InChI is InChI=1S/C12H15FN4O/c1-9(2)8-18-6-5-14-12-15-11-4-3-10(13)7-17(11)16-12/h3-4,7H,1,5-6,8H2,2H3,(H,14,16). The molecule has 6 heteroatoms. The van der Waals surface area contributed by atoms with Crippen molar-refractivity contribution in [2.45, 2.75) is 6.92 Å². The third kappa shape index (κ3) is 3.27. The second-order valence-corrected chi connectivity index (χ2v) is 4.02. The molecule has 0 atom stereocenters. The van der Waals surface area contributed by atoms with Gasteiger partial charge in [0.05, 0.1) is 19.4 Å². The number of ether oxygens (including phenoxy) is 1. The van der Waals surface area contributed by atoms with Gasteiger partial charge in [0.2, 0.25) is 5.95 Å². The highest BCUT2D eigenvalue weighted by molar-refractivity contribution is 5.42. The molecule has 0 spiro atoms. The zero-order chi connectivity index (χ0) is 13.0. The summed E-state index contributed by atoms with van der Waals surface area (Å²) in [4.78, 5) is 4.19. The van der Waals surface area contributed by atoms with Crippen LogP contribution < -0.4 is 5.32 Å². The number of hydrogen-bond acceptors (Lipinski definition) is 4. The first-order valence-corrected chi connectivity index (χ1v) is 5.63. The number of aromatic nitrogens is 3. The van der Waals surface area contributed by atoms with Crippen LogP contribution in [0.4, 0.5) is 10.3 Å². The molecule has 0 bridgehead atoms. The molecule has 0 radical (unpaired) electrons. The van der Waals surface area contributed by atoms with Gasteiger partial charge >= 0.3 is 0 Å². The van der Waals surface area contributed by atoms with Crippen molar-refractivity contribution in [1.82, 2.24) is 14.6 Å². The lowest BCUT2D eigenvalue weighted by molar-refractivity contribution is 0.167. The number of rotatable bonds is 6. The second kappa shape index (κ2) is 5.59. The summed E-state index contributed by atoms with van der Waals surface area (Å²) in [7, 11) is 0. The highest BCUT2D eigenvalue weighted by atomic mass is 19.1. The molecular weight excluding hydrogens is 235 g/mol. The Balaban J connectivity index is 1.86. The van der Waals surface area contributed by atoms with E-state index in [1.165, 1.54) is 16.8 Å². The summed E-state index contributed by atoms with van der Waals surface area (Å²) in [5, 5.41) is 7.09. The molecule has 5 nitrogen and oxygen atoms in total. The summed E-state index contributed by atoms with van der Waals surface area (Å²) in [5.74, 6) is 0.114. The van der Waals surface area contributed by atoms with Crippen molar-refractivity contribution in [3.63, 3.8) is 0 Å². The van der Waals surface area contributed by atoms with Gasteiger partial charge < -0.3 is 10.1 Å². The van der Waals surface area contributed by atoms with Crippen molar-refractivity contribution in [3.05, 3.63) is 36.3 Å². The van der Waals surface area contributed by atoms with E-state index >= 15 is 0 Å². The average molecular weight is 250 g/mol. The van der Waals surface area contributed by atoms with Gasteiger partial charge in [0.15, 0.2) is 5.65 Å². The summed E-state index contributed by atoms with van der Waals surface area (Å²) in [6.45, 7) is 7.32. The summed E-state index contributed by atoms with van der Waals surface area (Å²) < 4.78 is 19.7. The molecule has 0 aromatic carbocycles. The first kappa shape index (κ1) is 12.5. The van der Waals surface area contributed by atoms with Crippen LogP contribution in [0.3, 0.4) is 0 Å². The summed E-state index contributed by atoms with van der Waals surface area (Å²) in [5.41, 5.74) is 1.58. The van der Waals surface area contributed by atoms with Gasteiger partial charge in [-0.25, -0.2) is 8.91 Å². The molecule has 2 rings (SSSR count). The maximum Gasteiger partial charge on any atom is 0.243 e. The maximum atomic E-state index is 12.9. The molecule has 2 aromatic heterocycles. The fraction of sp³-hybridized carbons (Fsp3) is 0.333. The Kier molecular flexibility index (Phi) is 3.88. The quantitative estimate of drug-likeness (QED) is 0.628. The normalized spacial score (nSPS) is 10.8. The van der Waals surface area contributed by atoms with E-state index in [0.717, 1.165) is 5.57 Å². The number of anilines is 1. The molecule has 0 saturated carbocycles. The Hall–Kier alpha value is -1.95. The van der Waals surface area contributed by atoms with Crippen LogP contribution in [0.2, 0.25) is 0 Å². The van der Waals surface area contributed by atoms with Gasteiger partial charge in [-0.05, 0) is 19.1 Å². The summed E-state index contributed by atoms with van der Waals surface area (Å²) in [6, 6.07) is 2.93. The molecule has 1 N–H and O–H groups in total. The van der Waals surface area contributed by atoms with Gasteiger partial charge in [-0.1, -0.05) is 12.2 Å². The number of fused-ring (bicyclic) bond motifs is 1. The minimum atomic E-state index is -0.344. The first-order chi connectivity index (χ1) is 8.65. The van der Waals surface area contributed by atoms with Crippen LogP contribution in [0.1, 0.15) is 6.92 Å². The molecule has 0 aliphatic rings. The van der Waals surface area contributed by atoms with E-state index in [9.17, 15) is 4.39 Å². The highest BCUT2D eigenvalue weighted by Gasteiger charge is 2.03. The third-order valence-electron chi connectivity index (χ3n) is 2.17. The molecule has 0 fully saturated rings. The average Bonchev–Trinajstić information content (AvgIpc) is 2.70. The van der Waals surface area contributed by atoms with Crippen molar-refractivity contribution >= 4 is 11.6 Å². The number of pyridine rings is 1. The van der Waals surface area contributed by atoms with Gasteiger partial charge in [0.1, 0.15) is 5.82 Å². The first-order valence-electron chi connectivity index (χ1n) is 5.63. The predicted molar refractivity (Wildman–Crippen MR) is 67.1 cm³/mol. The smallest absolute Gasteiger partial charge is 0.243 e. The lowest BCUT2D eigenvalue weighted by atomic mass is 10.4.